The highest BCUT2D eigenvalue weighted by Crippen LogP contribution is 2.35. The molecule has 0 bridgehead atoms. The third kappa shape index (κ3) is 3.87. The number of rotatable bonds is 5. The topological polar surface area (TPSA) is 71.3 Å². The molecule has 0 aliphatic heterocycles. The summed E-state index contributed by atoms with van der Waals surface area (Å²) in [6, 6.07) is 1.57. The van der Waals surface area contributed by atoms with E-state index < -0.39 is 10.0 Å². The Morgan fingerprint density at radius 1 is 1.38 bits per heavy atom. The fraction of sp³-hybridized carbons (Fsp3) is 0.733. The molecule has 0 aromatic carbocycles. The summed E-state index contributed by atoms with van der Waals surface area (Å²) in [4.78, 5) is 0.248. The first-order valence-corrected chi connectivity index (χ1v) is 9.08. The zero-order valence-corrected chi connectivity index (χ0v) is 13.9. The van der Waals surface area contributed by atoms with Crippen molar-refractivity contribution >= 4 is 10.0 Å². The van der Waals surface area contributed by atoms with E-state index in [4.69, 9.17) is 0 Å². The van der Waals surface area contributed by atoms with Crippen molar-refractivity contribution in [1.82, 2.24) is 9.29 Å². The molecule has 6 heteroatoms. The average molecular weight is 314 g/mol. The summed E-state index contributed by atoms with van der Waals surface area (Å²) in [6.07, 6.45) is 5.44. The zero-order valence-electron chi connectivity index (χ0n) is 13.1. The van der Waals surface area contributed by atoms with Crippen LogP contribution in [0.2, 0.25) is 0 Å². The van der Waals surface area contributed by atoms with Crippen LogP contribution in [-0.2, 0) is 23.2 Å². The van der Waals surface area contributed by atoms with Gasteiger partial charge in [-0.15, -0.1) is 0 Å². The molecule has 2 rings (SSSR count). The van der Waals surface area contributed by atoms with Crippen LogP contribution in [0.3, 0.4) is 0 Å². The van der Waals surface area contributed by atoms with Gasteiger partial charge >= 0.3 is 0 Å². The maximum Gasteiger partial charge on any atom is 0.242 e. The first kappa shape index (κ1) is 16.5. The Morgan fingerprint density at radius 2 is 2.00 bits per heavy atom. The summed E-state index contributed by atoms with van der Waals surface area (Å²) in [5.74, 6) is 0. The largest absolute Gasteiger partial charge is 0.390 e. The number of nitrogens with one attached hydrogen (secondary N) is 1. The molecule has 2 N–H and O–H groups in total. The monoisotopic (exact) mass is 314 g/mol. The van der Waals surface area contributed by atoms with E-state index in [0.29, 0.717) is 17.7 Å². The Hall–Kier alpha value is -0.850. The molecule has 21 heavy (non-hydrogen) atoms. The van der Waals surface area contributed by atoms with Gasteiger partial charge in [0.2, 0.25) is 10.0 Å². The van der Waals surface area contributed by atoms with Gasteiger partial charge in [0.1, 0.15) is 0 Å². The van der Waals surface area contributed by atoms with Crippen LogP contribution >= 0.6 is 0 Å². The van der Waals surface area contributed by atoms with Crippen LogP contribution in [0, 0.1) is 5.41 Å². The average Bonchev–Trinajstić information content (AvgIpc) is 2.85. The van der Waals surface area contributed by atoms with Gasteiger partial charge in [-0.2, -0.15) is 0 Å². The number of hydrogen-bond donors (Lipinski definition) is 2. The maximum atomic E-state index is 12.5. The van der Waals surface area contributed by atoms with E-state index in [0.717, 1.165) is 25.7 Å². The molecule has 120 valence electrons. The number of sulfonamides is 1. The van der Waals surface area contributed by atoms with Crippen LogP contribution in [0.15, 0.2) is 17.2 Å². The summed E-state index contributed by atoms with van der Waals surface area (Å²) in [6.45, 7) is 6.87. The molecule has 1 fully saturated rings. The zero-order chi connectivity index (χ0) is 15.7. The minimum Gasteiger partial charge on any atom is -0.390 e. The molecular weight excluding hydrogens is 288 g/mol. The number of aliphatic hydroxyl groups is 1. The molecule has 1 aliphatic rings. The van der Waals surface area contributed by atoms with Gasteiger partial charge in [0.15, 0.2) is 0 Å². The summed E-state index contributed by atoms with van der Waals surface area (Å²) in [5.41, 5.74) is 0.944. The molecule has 1 aromatic rings. The Kier molecular flexibility index (Phi) is 4.80. The van der Waals surface area contributed by atoms with Crippen LogP contribution in [-0.4, -0.2) is 24.1 Å². The lowest BCUT2D eigenvalue weighted by molar-refractivity contribution is 0.218. The summed E-state index contributed by atoms with van der Waals surface area (Å²) in [5, 5.41) is 9.27. The molecule has 5 nitrogen and oxygen atoms in total. The van der Waals surface area contributed by atoms with E-state index in [9.17, 15) is 13.5 Å². The van der Waals surface area contributed by atoms with Gasteiger partial charge in [0, 0.05) is 24.5 Å². The van der Waals surface area contributed by atoms with Crippen molar-refractivity contribution in [2.24, 2.45) is 5.41 Å². The summed E-state index contributed by atoms with van der Waals surface area (Å²) in [7, 11) is -3.50. The van der Waals surface area contributed by atoms with Crippen LogP contribution < -0.4 is 4.72 Å². The van der Waals surface area contributed by atoms with E-state index in [1.807, 2.05) is 6.92 Å². The molecule has 0 radical (unpaired) electrons. The lowest BCUT2D eigenvalue weighted by Crippen LogP contribution is -2.39. The van der Waals surface area contributed by atoms with Gasteiger partial charge in [-0.25, -0.2) is 13.1 Å². The predicted octanol–water partition coefficient (Wildman–Crippen LogP) is 2.25. The second-order valence-corrected chi connectivity index (χ2v) is 8.39. The Morgan fingerprint density at radius 3 is 2.48 bits per heavy atom. The number of aliphatic hydroxyl groups excluding tert-OH is 1. The third-order valence-electron chi connectivity index (χ3n) is 4.43. The van der Waals surface area contributed by atoms with E-state index in [1.165, 1.54) is 0 Å². The highest BCUT2D eigenvalue weighted by Gasteiger charge is 2.30. The molecule has 1 saturated carbocycles. The molecule has 0 saturated heterocycles. The van der Waals surface area contributed by atoms with E-state index in [2.05, 4.69) is 18.6 Å². The normalized spacial score (nSPS) is 19.8. The van der Waals surface area contributed by atoms with Gasteiger partial charge in [0.25, 0.3) is 0 Å². The van der Waals surface area contributed by atoms with Gasteiger partial charge in [0.05, 0.1) is 11.5 Å². The SMILES string of the molecule is CCn1cc(S(=O)(=O)NC2CCC(C)(C)CC2)cc1CO. The molecule has 0 amide bonds. The van der Waals surface area contributed by atoms with Crippen molar-refractivity contribution in [2.45, 2.75) is 70.5 Å². The minimum absolute atomic E-state index is 0.0191. The standard InChI is InChI=1S/C15H26N2O3S/c1-4-17-10-14(9-13(17)11-18)21(19,20)16-12-5-7-15(2,3)8-6-12/h9-10,12,16,18H,4-8,11H2,1-3H3. The number of hydrogen-bond acceptors (Lipinski definition) is 3. The van der Waals surface area contributed by atoms with Gasteiger partial charge in [-0.05, 0) is 44.1 Å². The molecular formula is C15H26N2O3S. The second kappa shape index (κ2) is 6.10. The van der Waals surface area contributed by atoms with Crippen LogP contribution in [0.5, 0.6) is 0 Å². The van der Waals surface area contributed by atoms with Crippen molar-refractivity contribution in [3.05, 3.63) is 18.0 Å². The number of aryl methyl sites for hydroxylation is 1. The van der Waals surface area contributed by atoms with Crippen LogP contribution in [0.25, 0.3) is 0 Å². The Labute approximate surface area is 127 Å². The van der Waals surface area contributed by atoms with Crippen molar-refractivity contribution in [3.63, 3.8) is 0 Å². The number of nitrogens with zero attached hydrogens (tertiary/aromatic N) is 1. The molecule has 1 aliphatic carbocycles. The predicted molar refractivity (Wildman–Crippen MR) is 82.4 cm³/mol. The van der Waals surface area contributed by atoms with Gasteiger partial charge in [-0.3, -0.25) is 0 Å². The highest BCUT2D eigenvalue weighted by molar-refractivity contribution is 7.89. The van der Waals surface area contributed by atoms with E-state index >= 15 is 0 Å². The Balaban J connectivity index is 2.10. The van der Waals surface area contributed by atoms with Crippen molar-refractivity contribution in [2.75, 3.05) is 0 Å². The third-order valence-corrected chi connectivity index (χ3v) is 5.92. The van der Waals surface area contributed by atoms with Crippen molar-refractivity contribution < 1.29 is 13.5 Å². The van der Waals surface area contributed by atoms with Gasteiger partial charge in [-0.1, -0.05) is 13.8 Å². The smallest absolute Gasteiger partial charge is 0.242 e. The van der Waals surface area contributed by atoms with Crippen LogP contribution in [0.1, 0.15) is 52.1 Å². The second-order valence-electron chi connectivity index (χ2n) is 6.67. The van der Waals surface area contributed by atoms with Crippen LogP contribution in [0.4, 0.5) is 0 Å². The molecule has 0 atom stereocenters. The fourth-order valence-electron chi connectivity index (χ4n) is 2.90. The first-order chi connectivity index (χ1) is 9.77. The van der Waals surface area contributed by atoms with E-state index in [-0.39, 0.29) is 17.5 Å². The van der Waals surface area contributed by atoms with Crippen molar-refractivity contribution in [3.8, 4) is 0 Å². The fourth-order valence-corrected chi connectivity index (χ4v) is 4.27. The first-order valence-electron chi connectivity index (χ1n) is 7.59. The summed E-state index contributed by atoms with van der Waals surface area (Å²) >= 11 is 0. The molecule has 1 aromatic heterocycles. The maximum absolute atomic E-state index is 12.5. The lowest BCUT2D eigenvalue weighted by Gasteiger charge is -2.34. The van der Waals surface area contributed by atoms with E-state index in [1.54, 1.807) is 16.8 Å². The summed E-state index contributed by atoms with van der Waals surface area (Å²) < 4.78 is 29.5. The van der Waals surface area contributed by atoms with Crippen molar-refractivity contribution in [1.29, 1.82) is 0 Å². The molecule has 1 heterocycles. The lowest BCUT2D eigenvalue weighted by atomic mass is 9.76. The number of aromatic nitrogens is 1. The van der Waals surface area contributed by atoms with Gasteiger partial charge < -0.3 is 9.67 Å². The highest BCUT2D eigenvalue weighted by atomic mass is 32.2. The molecule has 0 unspecified atom stereocenters. The molecule has 0 spiro atoms. The minimum atomic E-state index is -3.50. The Bertz CT molecular complexity index is 559. The quantitative estimate of drug-likeness (QED) is 0.875.